The lowest BCUT2D eigenvalue weighted by atomic mass is 10.2. The van der Waals surface area contributed by atoms with Gasteiger partial charge in [-0.1, -0.05) is 6.92 Å². The van der Waals surface area contributed by atoms with Gasteiger partial charge in [-0.05, 0) is 31.2 Å². The van der Waals surface area contributed by atoms with Crippen molar-refractivity contribution < 1.29 is 14.7 Å². The summed E-state index contributed by atoms with van der Waals surface area (Å²) < 4.78 is 0. The van der Waals surface area contributed by atoms with E-state index in [1.165, 1.54) is 0 Å². The zero-order valence-corrected chi connectivity index (χ0v) is 9.56. The summed E-state index contributed by atoms with van der Waals surface area (Å²) in [5, 5.41) is 18.1. The van der Waals surface area contributed by atoms with Crippen molar-refractivity contribution in [1.82, 2.24) is 15.5 Å². The topological polar surface area (TPSA) is 95.1 Å². The molecule has 0 bridgehead atoms. The molecule has 1 saturated carbocycles. The van der Waals surface area contributed by atoms with Gasteiger partial charge in [0.1, 0.15) is 11.7 Å². The van der Waals surface area contributed by atoms with Crippen LogP contribution in [0.3, 0.4) is 0 Å². The normalized spacial score (nSPS) is 16.5. The largest absolute Gasteiger partial charge is 0.480 e. The van der Waals surface area contributed by atoms with E-state index < -0.39 is 17.9 Å². The molecule has 0 radical (unpaired) electrons. The number of H-pyrrole nitrogens is 1. The molecule has 2 rings (SSSR count). The Hall–Kier alpha value is -1.85. The SMILES string of the molecule is CCc1cc(C(=O)NC(C(=O)O)C2CC2)n[nH]1. The molecule has 0 saturated heterocycles. The van der Waals surface area contributed by atoms with Crippen molar-refractivity contribution >= 4 is 11.9 Å². The molecule has 1 aromatic heterocycles. The number of nitrogens with zero attached hydrogens (tertiary/aromatic N) is 1. The molecule has 6 nitrogen and oxygen atoms in total. The van der Waals surface area contributed by atoms with E-state index in [1.54, 1.807) is 6.07 Å². The summed E-state index contributed by atoms with van der Waals surface area (Å²) in [6, 6.07) is 0.852. The molecule has 1 amide bonds. The lowest BCUT2D eigenvalue weighted by Gasteiger charge is -2.11. The van der Waals surface area contributed by atoms with Crippen LogP contribution in [0.25, 0.3) is 0 Å². The van der Waals surface area contributed by atoms with Crippen LogP contribution in [-0.2, 0) is 11.2 Å². The van der Waals surface area contributed by atoms with E-state index in [2.05, 4.69) is 15.5 Å². The Kier molecular flexibility index (Phi) is 3.12. The highest BCUT2D eigenvalue weighted by Gasteiger charge is 2.37. The first kappa shape index (κ1) is 11.6. The third-order valence-corrected chi connectivity index (χ3v) is 2.89. The first-order chi connectivity index (χ1) is 8.11. The van der Waals surface area contributed by atoms with Gasteiger partial charge in [-0.15, -0.1) is 0 Å². The summed E-state index contributed by atoms with van der Waals surface area (Å²) in [6.07, 6.45) is 2.47. The predicted octanol–water partition coefficient (Wildman–Crippen LogP) is 0.565. The number of amides is 1. The van der Waals surface area contributed by atoms with Crippen LogP contribution in [-0.4, -0.2) is 33.2 Å². The average molecular weight is 237 g/mol. The maximum absolute atomic E-state index is 11.8. The van der Waals surface area contributed by atoms with Gasteiger partial charge < -0.3 is 10.4 Å². The number of carboxylic acid groups (broad SMARTS) is 1. The quantitative estimate of drug-likeness (QED) is 0.697. The third kappa shape index (κ3) is 2.64. The summed E-state index contributed by atoms with van der Waals surface area (Å²) in [7, 11) is 0. The van der Waals surface area contributed by atoms with Crippen LogP contribution >= 0.6 is 0 Å². The molecular formula is C11H15N3O3. The standard InChI is InChI=1S/C11H15N3O3/c1-2-7-5-8(14-13-7)10(15)12-9(11(16)17)6-3-4-6/h5-6,9H,2-4H2,1H3,(H,12,15)(H,13,14)(H,16,17). The fraction of sp³-hybridized carbons (Fsp3) is 0.545. The average Bonchev–Trinajstić information content (AvgIpc) is 3.01. The Morgan fingerprint density at radius 2 is 2.35 bits per heavy atom. The van der Waals surface area contributed by atoms with Crippen molar-refractivity contribution in [3.63, 3.8) is 0 Å². The molecule has 17 heavy (non-hydrogen) atoms. The van der Waals surface area contributed by atoms with Gasteiger partial charge in [0.05, 0.1) is 0 Å². The second-order valence-electron chi connectivity index (χ2n) is 4.26. The van der Waals surface area contributed by atoms with Gasteiger partial charge >= 0.3 is 5.97 Å². The highest BCUT2D eigenvalue weighted by atomic mass is 16.4. The molecule has 0 aliphatic heterocycles. The molecule has 92 valence electrons. The minimum Gasteiger partial charge on any atom is -0.480 e. The molecule has 1 unspecified atom stereocenters. The fourth-order valence-corrected chi connectivity index (χ4v) is 1.69. The summed E-state index contributed by atoms with van der Waals surface area (Å²) in [6.45, 7) is 1.94. The smallest absolute Gasteiger partial charge is 0.326 e. The second-order valence-corrected chi connectivity index (χ2v) is 4.26. The van der Waals surface area contributed by atoms with Gasteiger partial charge in [-0.25, -0.2) is 4.79 Å². The van der Waals surface area contributed by atoms with Crippen LogP contribution in [0.4, 0.5) is 0 Å². The molecule has 6 heteroatoms. The van der Waals surface area contributed by atoms with Gasteiger partial charge in [0.2, 0.25) is 0 Å². The number of carbonyl (C=O) groups is 2. The number of carboxylic acids is 1. The van der Waals surface area contributed by atoms with Crippen LogP contribution in [0.5, 0.6) is 0 Å². The van der Waals surface area contributed by atoms with Crippen molar-refractivity contribution in [2.45, 2.75) is 32.2 Å². The van der Waals surface area contributed by atoms with Crippen molar-refractivity contribution in [2.24, 2.45) is 5.92 Å². The van der Waals surface area contributed by atoms with Gasteiger partial charge in [0.25, 0.3) is 5.91 Å². The highest BCUT2D eigenvalue weighted by Crippen LogP contribution is 2.32. The minimum atomic E-state index is -0.980. The Balaban J connectivity index is 2.02. The summed E-state index contributed by atoms with van der Waals surface area (Å²) >= 11 is 0. The van der Waals surface area contributed by atoms with E-state index in [-0.39, 0.29) is 11.6 Å². The lowest BCUT2D eigenvalue weighted by molar-refractivity contribution is -0.139. The number of hydrogen-bond donors (Lipinski definition) is 3. The Morgan fingerprint density at radius 3 is 2.82 bits per heavy atom. The van der Waals surface area contributed by atoms with Crippen molar-refractivity contribution in [3.8, 4) is 0 Å². The molecule has 1 aliphatic rings. The molecule has 3 N–H and O–H groups in total. The van der Waals surface area contributed by atoms with Crippen LogP contribution < -0.4 is 5.32 Å². The number of aromatic amines is 1. The molecular weight excluding hydrogens is 222 g/mol. The zero-order chi connectivity index (χ0) is 12.4. The van der Waals surface area contributed by atoms with Crippen LogP contribution in [0.1, 0.15) is 35.9 Å². The highest BCUT2D eigenvalue weighted by molar-refractivity contribution is 5.95. The molecule has 0 spiro atoms. The Morgan fingerprint density at radius 1 is 1.65 bits per heavy atom. The molecule has 1 heterocycles. The van der Waals surface area contributed by atoms with Gasteiger partial charge in [0.15, 0.2) is 0 Å². The van der Waals surface area contributed by atoms with E-state index in [1.807, 2.05) is 6.92 Å². The number of aryl methyl sites for hydroxylation is 1. The zero-order valence-electron chi connectivity index (χ0n) is 9.56. The third-order valence-electron chi connectivity index (χ3n) is 2.89. The fourth-order valence-electron chi connectivity index (χ4n) is 1.69. The Bertz CT molecular complexity index is 437. The van der Waals surface area contributed by atoms with E-state index in [0.717, 1.165) is 25.0 Å². The lowest BCUT2D eigenvalue weighted by Crippen LogP contribution is -2.42. The first-order valence-electron chi connectivity index (χ1n) is 5.69. The Labute approximate surface area is 98.4 Å². The predicted molar refractivity (Wildman–Crippen MR) is 59.6 cm³/mol. The molecule has 0 aromatic carbocycles. The maximum Gasteiger partial charge on any atom is 0.326 e. The van der Waals surface area contributed by atoms with Gasteiger partial charge in [0, 0.05) is 5.69 Å². The summed E-state index contributed by atoms with van der Waals surface area (Å²) in [4.78, 5) is 22.7. The summed E-state index contributed by atoms with van der Waals surface area (Å²) in [5.41, 5.74) is 1.10. The molecule has 1 aromatic rings. The number of aliphatic carboxylic acids is 1. The number of hydrogen-bond acceptors (Lipinski definition) is 3. The monoisotopic (exact) mass is 237 g/mol. The van der Waals surface area contributed by atoms with E-state index in [4.69, 9.17) is 5.11 Å². The summed E-state index contributed by atoms with van der Waals surface area (Å²) in [5.74, 6) is -1.34. The first-order valence-corrected chi connectivity index (χ1v) is 5.69. The van der Waals surface area contributed by atoms with Crippen LogP contribution in [0, 0.1) is 5.92 Å². The van der Waals surface area contributed by atoms with E-state index in [9.17, 15) is 9.59 Å². The van der Waals surface area contributed by atoms with Crippen LogP contribution in [0.2, 0.25) is 0 Å². The second kappa shape index (κ2) is 4.57. The van der Waals surface area contributed by atoms with Gasteiger partial charge in [-0.3, -0.25) is 9.89 Å². The van der Waals surface area contributed by atoms with E-state index >= 15 is 0 Å². The molecule has 1 aliphatic carbocycles. The van der Waals surface area contributed by atoms with Crippen LogP contribution in [0.15, 0.2) is 6.07 Å². The van der Waals surface area contributed by atoms with Gasteiger partial charge in [-0.2, -0.15) is 5.10 Å². The number of rotatable bonds is 5. The molecule has 1 fully saturated rings. The van der Waals surface area contributed by atoms with Crippen molar-refractivity contribution in [1.29, 1.82) is 0 Å². The van der Waals surface area contributed by atoms with Crippen molar-refractivity contribution in [3.05, 3.63) is 17.5 Å². The number of nitrogens with one attached hydrogen (secondary N) is 2. The number of carbonyl (C=O) groups excluding carboxylic acids is 1. The molecule has 1 atom stereocenters. The number of aromatic nitrogens is 2. The minimum absolute atomic E-state index is 0.0704. The van der Waals surface area contributed by atoms with Crippen molar-refractivity contribution in [2.75, 3.05) is 0 Å². The maximum atomic E-state index is 11.8. The van der Waals surface area contributed by atoms with E-state index in [0.29, 0.717) is 0 Å².